The number of carbonyl (C=O) groups is 2. The summed E-state index contributed by atoms with van der Waals surface area (Å²) in [5, 5.41) is 9.04. The average molecular weight is 473 g/mol. The summed E-state index contributed by atoms with van der Waals surface area (Å²) in [5.41, 5.74) is 1.65. The number of para-hydroxylation sites is 1. The molecule has 2 aromatic heterocycles. The topological polar surface area (TPSA) is 88.3 Å². The number of anilines is 1. The number of nitrogens with one attached hydrogen (secondary N) is 1. The van der Waals surface area contributed by atoms with Gasteiger partial charge in [0, 0.05) is 17.0 Å². The van der Waals surface area contributed by atoms with Gasteiger partial charge in [0.2, 0.25) is 17.6 Å². The number of amides is 1. The van der Waals surface area contributed by atoms with E-state index in [0.717, 1.165) is 30.8 Å². The number of aromatic nitrogens is 2. The Labute approximate surface area is 201 Å². The van der Waals surface area contributed by atoms with Gasteiger partial charge in [-0.1, -0.05) is 53.7 Å². The minimum absolute atomic E-state index is 0.0502. The van der Waals surface area contributed by atoms with E-state index in [-0.39, 0.29) is 17.6 Å². The molecular formula is C26H24N4O3S. The number of hydrogen-bond donors (Lipinski definition) is 1. The molecule has 5 rings (SSSR count). The van der Waals surface area contributed by atoms with Crippen molar-refractivity contribution in [2.75, 3.05) is 18.4 Å². The van der Waals surface area contributed by atoms with Crippen LogP contribution in [0, 0.1) is 5.92 Å². The Kier molecular flexibility index (Phi) is 6.60. The summed E-state index contributed by atoms with van der Waals surface area (Å²) in [4.78, 5) is 33.6. The lowest BCUT2D eigenvalue weighted by molar-refractivity contribution is -0.121. The zero-order valence-electron chi connectivity index (χ0n) is 18.5. The van der Waals surface area contributed by atoms with Gasteiger partial charge in [0.05, 0.1) is 17.1 Å². The first-order valence-corrected chi connectivity index (χ1v) is 12.1. The van der Waals surface area contributed by atoms with Gasteiger partial charge in [-0.3, -0.25) is 14.5 Å². The van der Waals surface area contributed by atoms with Crippen LogP contribution in [0.4, 0.5) is 5.69 Å². The molecule has 1 amide bonds. The maximum atomic E-state index is 13.0. The Morgan fingerprint density at radius 3 is 2.53 bits per heavy atom. The number of piperidine rings is 1. The molecule has 1 N–H and O–H groups in total. The highest BCUT2D eigenvalue weighted by Crippen LogP contribution is 2.25. The van der Waals surface area contributed by atoms with Crippen molar-refractivity contribution in [1.82, 2.24) is 15.0 Å². The van der Waals surface area contributed by atoms with Crippen LogP contribution in [-0.4, -0.2) is 39.8 Å². The van der Waals surface area contributed by atoms with Crippen LogP contribution >= 0.6 is 11.3 Å². The third-order valence-electron chi connectivity index (χ3n) is 5.99. The predicted octanol–water partition coefficient (Wildman–Crippen LogP) is 4.88. The van der Waals surface area contributed by atoms with Crippen LogP contribution in [0.2, 0.25) is 0 Å². The van der Waals surface area contributed by atoms with Crippen molar-refractivity contribution in [3.63, 3.8) is 0 Å². The maximum absolute atomic E-state index is 13.0. The summed E-state index contributed by atoms with van der Waals surface area (Å²) in [6.45, 7) is 2.10. The summed E-state index contributed by atoms with van der Waals surface area (Å²) >= 11 is 1.58. The van der Waals surface area contributed by atoms with E-state index in [1.165, 1.54) is 0 Å². The fourth-order valence-electron chi connectivity index (χ4n) is 4.14. The molecule has 3 heterocycles. The molecule has 0 radical (unpaired) electrons. The van der Waals surface area contributed by atoms with Crippen LogP contribution < -0.4 is 5.32 Å². The minimum Gasteiger partial charge on any atom is -0.338 e. The third kappa shape index (κ3) is 4.98. The lowest BCUT2D eigenvalue weighted by atomic mass is 9.95. The molecule has 1 aliphatic heterocycles. The molecule has 7 nitrogen and oxygen atoms in total. The van der Waals surface area contributed by atoms with Gasteiger partial charge in [-0.25, -0.2) is 0 Å². The fourth-order valence-corrected chi connectivity index (χ4v) is 4.79. The van der Waals surface area contributed by atoms with Gasteiger partial charge >= 0.3 is 0 Å². The van der Waals surface area contributed by atoms with Crippen molar-refractivity contribution >= 4 is 28.7 Å². The molecule has 1 saturated heterocycles. The normalized spacial score (nSPS) is 14.7. The molecule has 0 atom stereocenters. The molecular weight excluding hydrogens is 448 g/mol. The number of nitrogens with zero attached hydrogens (tertiary/aromatic N) is 3. The molecule has 0 spiro atoms. The first-order chi connectivity index (χ1) is 16.7. The van der Waals surface area contributed by atoms with Crippen LogP contribution in [0.15, 0.2) is 76.6 Å². The van der Waals surface area contributed by atoms with Gasteiger partial charge in [-0.05, 0) is 49.5 Å². The molecule has 1 fully saturated rings. The number of ketones is 1. The summed E-state index contributed by atoms with van der Waals surface area (Å²) in [6, 6.07) is 20.2. The summed E-state index contributed by atoms with van der Waals surface area (Å²) in [6.07, 6.45) is 1.46. The average Bonchev–Trinajstić information content (AvgIpc) is 3.57. The fraction of sp³-hybridized carbons (Fsp3) is 0.231. The van der Waals surface area contributed by atoms with Crippen molar-refractivity contribution in [1.29, 1.82) is 0 Å². The number of rotatable bonds is 7. The van der Waals surface area contributed by atoms with Crippen molar-refractivity contribution in [3.05, 3.63) is 89.1 Å². The van der Waals surface area contributed by atoms with Gasteiger partial charge in [0.1, 0.15) is 0 Å². The van der Waals surface area contributed by atoms with Gasteiger partial charge in [-0.2, -0.15) is 4.98 Å². The Morgan fingerprint density at radius 1 is 1.00 bits per heavy atom. The van der Waals surface area contributed by atoms with E-state index in [2.05, 4.69) is 20.4 Å². The lowest BCUT2D eigenvalue weighted by Gasteiger charge is -2.30. The molecule has 1 aliphatic rings. The van der Waals surface area contributed by atoms with E-state index in [1.807, 2.05) is 47.8 Å². The molecule has 0 bridgehead atoms. The smallest absolute Gasteiger partial charge is 0.241 e. The third-order valence-corrected chi connectivity index (χ3v) is 6.86. The molecule has 0 unspecified atom stereocenters. The van der Waals surface area contributed by atoms with Gasteiger partial charge < -0.3 is 9.84 Å². The highest BCUT2D eigenvalue weighted by molar-refractivity contribution is 7.13. The summed E-state index contributed by atoms with van der Waals surface area (Å²) in [7, 11) is 0. The van der Waals surface area contributed by atoms with E-state index in [9.17, 15) is 9.59 Å². The monoisotopic (exact) mass is 472 g/mol. The maximum Gasteiger partial charge on any atom is 0.241 e. The lowest BCUT2D eigenvalue weighted by Crippen LogP contribution is -2.38. The highest BCUT2D eigenvalue weighted by atomic mass is 32.1. The van der Waals surface area contributed by atoms with Crippen molar-refractivity contribution < 1.29 is 14.1 Å². The molecule has 0 aliphatic carbocycles. The van der Waals surface area contributed by atoms with Gasteiger partial charge in [0.25, 0.3) is 0 Å². The quantitative estimate of drug-likeness (QED) is 0.386. The standard InChI is InChI=1S/C26H24N4O3S/c31-24(18-7-2-1-3-8-18)20-9-4-5-10-21(20)27-26(32)19-12-14-30(15-13-19)17-23-28-25(29-33-23)22-11-6-16-34-22/h1-11,16,19H,12-15,17H2,(H,27,32). The first kappa shape index (κ1) is 22.2. The van der Waals surface area contributed by atoms with Crippen LogP contribution in [0.25, 0.3) is 10.7 Å². The number of hydrogen-bond acceptors (Lipinski definition) is 7. The minimum atomic E-state index is -0.111. The zero-order chi connectivity index (χ0) is 23.3. The Hall–Kier alpha value is -3.62. The predicted molar refractivity (Wildman–Crippen MR) is 131 cm³/mol. The second-order valence-electron chi connectivity index (χ2n) is 8.27. The van der Waals surface area contributed by atoms with Crippen LogP contribution in [0.5, 0.6) is 0 Å². The van der Waals surface area contributed by atoms with E-state index in [1.54, 1.807) is 35.6 Å². The van der Waals surface area contributed by atoms with Crippen LogP contribution in [-0.2, 0) is 11.3 Å². The van der Waals surface area contributed by atoms with Crippen molar-refractivity contribution in [3.8, 4) is 10.7 Å². The van der Waals surface area contributed by atoms with E-state index < -0.39 is 0 Å². The van der Waals surface area contributed by atoms with E-state index in [4.69, 9.17) is 4.52 Å². The second-order valence-corrected chi connectivity index (χ2v) is 9.22. The molecule has 8 heteroatoms. The molecule has 2 aromatic carbocycles. The first-order valence-electron chi connectivity index (χ1n) is 11.3. The van der Waals surface area contributed by atoms with Crippen molar-refractivity contribution in [2.24, 2.45) is 5.92 Å². The Bertz CT molecular complexity index is 1260. The van der Waals surface area contributed by atoms with Gasteiger partial charge in [0.15, 0.2) is 5.78 Å². The number of thiophene rings is 1. The summed E-state index contributed by atoms with van der Waals surface area (Å²) < 4.78 is 5.41. The SMILES string of the molecule is O=C(c1ccccc1)c1ccccc1NC(=O)C1CCN(Cc2nc(-c3cccs3)no2)CC1. The largest absolute Gasteiger partial charge is 0.338 e. The molecule has 34 heavy (non-hydrogen) atoms. The van der Waals surface area contributed by atoms with E-state index >= 15 is 0 Å². The molecule has 4 aromatic rings. The van der Waals surface area contributed by atoms with Crippen LogP contribution in [0.1, 0.15) is 34.7 Å². The Morgan fingerprint density at radius 2 is 1.76 bits per heavy atom. The number of benzene rings is 2. The zero-order valence-corrected chi connectivity index (χ0v) is 19.3. The summed E-state index contributed by atoms with van der Waals surface area (Å²) in [5.74, 6) is 0.932. The molecule has 0 saturated carbocycles. The second kappa shape index (κ2) is 10.1. The van der Waals surface area contributed by atoms with E-state index in [0.29, 0.717) is 35.1 Å². The van der Waals surface area contributed by atoms with Crippen molar-refractivity contribution in [2.45, 2.75) is 19.4 Å². The highest BCUT2D eigenvalue weighted by Gasteiger charge is 2.27. The Balaban J connectivity index is 1.17. The van der Waals surface area contributed by atoms with Gasteiger partial charge in [-0.15, -0.1) is 11.3 Å². The molecule has 172 valence electrons. The number of likely N-dealkylation sites (tertiary alicyclic amines) is 1. The van der Waals surface area contributed by atoms with Crippen LogP contribution in [0.3, 0.4) is 0 Å². The number of carbonyl (C=O) groups excluding carboxylic acids is 2.